The Morgan fingerprint density at radius 2 is 2.06 bits per heavy atom. The molecule has 18 heavy (non-hydrogen) atoms. The fourth-order valence-corrected chi connectivity index (χ4v) is 1.83. The summed E-state index contributed by atoms with van der Waals surface area (Å²) in [6.07, 6.45) is -2.36. The van der Waals surface area contributed by atoms with E-state index in [1.54, 1.807) is 0 Å². The number of carboxylic acid groups (broad SMARTS) is 1. The smallest absolute Gasteiger partial charge is 0.307 e. The molecular weight excluding hydrogens is 259 g/mol. The molecule has 1 aromatic carbocycles. The molecule has 0 aliphatic heterocycles. The Labute approximate surface area is 109 Å². The molecule has 6 heteroatoms. The highest BCUT2D eigenvalue weighted by Crippen LogP contribution is 2.22. The predicted octanol–water partition coefficient (Wildman–Crippen LogP) is 1.17. The second kappa shape index (κ2) is 6.72. The lowest BCUT2D eigenvalue weighted by Crippen LogP contribution is -2.19. The minimum absolute atomic E-state index is 0.0436. The quantitative estimate of drug-likeness (QED) is 0.587. The summed E-state index contributed by atoms with van der Waals surface area (Å²) in [6, 6.07) is 3.76. The van der Waals surface area contributed by atoms with E-state index in [1.165, 1.54) is 12.1 Å². The van der Waals surface area contributed by atoms with Gasteiger partial charge >= 0.3 is 5.97 Å². The van der Waals surface area contributed by atoms with E-state index in [2.05, 4.69) is 12.6 Å². The van der Waals surface area contributed by atoms with Crippen LogP contribution in [0.4, 0.5) is 4.39 Å². The van der Waals surface area contributed by atoms with Crippen molar-refractivity contribution >= 4 is 18.6 Å². The first kappa shape index (κ1) is 14.9. The van der Waals surface area contributed by atoms with Crippen molar-refractivity contribution in [2.75, 3.05) is 5.75 Å². The van der Waals surface area contributed by atoms with Gasteiger partial charge in [-0.05, 0) is 29.4 Å². The van der Waals surface area contributed by atoms with Crippen LogP contribution >= 0.6 is 12.6 Å². The molecule has 0 spiro atoms. The van der Waals surface area contributed by atoms with E-state index in [0.717, 1.165) is 6.07 Å². The number of benzene rings is 1. The number of aliphatic hydroxyl groups excluding tert-OH is 2. The van der Waals surface area contributed by atoms with Gasteiger partial charge in [-0.1, -0.05) is 12.1 Å². The van der Waals surface area contributed by atoms with Gasteiger partial charge in [-0.25, -0.2) is 4.39 Å². The average Bonchev–Trinajstić information content (AvgIpc) is 2.30. The van der Waals surface area contributed by atoms with Crippen LogP contribution < -0.4 is 0 Å². The number of carboxylic acids is 1. The summed E-state index contributed by atoms with van der Waals surface area (Å²) in [5, 5.41) is 27.9. The molecule has 0 amide bonds. The summed E-state index contributed by atoms with van der Waals surface area (Å²) in [6.45, 7) is 0. The first-order chi connectivity index (χ1) is 8.45. The van der Waals surface area contributed by atoms with E-state index in [9.17, 15) is 19.4 Å². The number of halogens is 1. The van der Waals surface area contributed by atoms with Crippen LogP contribution in [0.3, 0.4) is 0 Å². The van der Waals surface area contributed by atoms with E-state index in [-0.39, 0.29) is 17.5 Å². The predicted molar refractivity (Wildman–Crippen MR) is 67.2 cm³/mol. The third-order valence-corrected chi connectivity index (χ3v) is 2.81. The average molecular weight is 274 g/mol. The molecule has 3 N–H and O–H groups in total. The number of aliphatic hydroxyl groups is 2. The number of thiol groups is 1. The second-order valence-electron chi connectivity index (χ2n) is 3.95. The summed E-state index contributed by atoms with van der Waals surface area (Å²) >= 11 is 3.93. The van der Waals surface area contributed by atoms with Crippen molar-refractivity contribution in [1.29, 1.82) is 0 Å². The van der Waals surface area contributed by atoms with E-state index >= 15 is 0 Å². The monoisotopic (exact) mass is 274 g/mol. The van der Waals surface area contributed by atoms with Crippen molar-refractivity contribution in [2.45, 2.75) is 25.0 Å². The van der Waals surface area contributed by atoms with Crippen molar-refractivity contribution < 1.29 is 24.5 Å². The molecule has 0 aliphatic carbocycles. The lowest BCUT2D eigenvalue weighted by atomic mass is 10.00. The fourth-order valence-electron chi connectivity index (χ4n) is 1.57. The molecule has 1 aromatic rings. The normalized spacial score (nSPS) is 14.2. The molecule has 0 aliphatic rings. The molecule has 1 rings (SSSR count). The van der Waals surface area contributed by atoms with Gasteiger partial charge < -0.3 is 15.3 Å². The molecule has 0 radical (unpaired) electrons. The lowest BCUT2D eigenvalue weighted by molar-refractivity contribution is -0.136. The molecule has 0 bridgehead atoms. The van der Waals surface area contributed by atoms with E-state index in [0.29, 0.717) is 5.75 Å². The highest BCUT2D eigenvalue weighted by atomic mass is 32.1. The summed E-state index contributed by atoms with van der Waals surface area (Å²) < 4.78 is 13.5. The minimum atomic E-state index is -1.20. The third kappa shape index (κ3) is 3.97. The summed E-state index contributed by atoms with van der Waals surface area (Å²) in [5.41, 5.74) is 0.262. The SMILES string of the molecule is O=C(O)Cc1ccc(C(O)C(O)CCS)cc1F. The largest absolute Gasteiger partial charge is 0.481 e. The summed E-state index contributed by atoms with van der Waals surface area (Å²) in [7, 11) is 0. The van der Waals surface area contributed by atoms with Crippen LogP contribution in [0.15, 0.2) is 18.2 Å². The molecule has 0 fully saturated rings. The Morgan fingerprint density at radius 1 is 1.39 bits per heavy atom. The zero-order chi connectivity index (χ0) is 13.7. The van der Waals surface area contributed by atoms with Crippen molar-refractivity contribution in [1.82, 2.24) is 0 Å². The van der Waals surface area contributed by atoms with Gasteiger partial charge in [0.05, 0.1) is 12.5 Å². The standard InChI is InChI=1S/C12H15FO4S/c13-9-5-8(12(17)10(14)3-4-18)2-1-7(9)6-11(15)16/h1-2,5,10,12,14,17-18H,3-4,6H2,(H,15,16). The van der Waals surface area contributed by atoms with Gasteiger partial charge in [-0.15, -0.1) is 0 Å². The van der Waals surface area contributed by atoms with Gasteiger partial charge in [0.1, 0.15) is 11.9 Å². The van der Waals surface area contributed by atoms with Gasteiger partial charge in [-0.3, -0.25) is 4.79 Å². The van der Waals surface area contributed by atoms with Crippen LogP contribution in [0, 0.1) is 5.82 Å². The third-order valence-electron chi connectivity index (χ3n) is 2.55. The molecular formula is C12H15FO4S. The minimum Gasteiger partial charge on any atom is -0.481 e. The summed E-state index contributed by atoms with van der Waals surface area (Å²) in [5.74, 6) is -1.43. The van der Waals surface area contributed by atoms with Gasteiger partial charge in [0, 0.05) is 0 Å². The van der Waals surface area contributed by atoms with Gasteiger partial charge in [-0.2, -0.15) is 12.6 Å². The molecule has 0 saturated heterocycles. The van der Waals surface area contributed by atoms with E-state index < -0.39 is 30.4 Å². The summed E-state index contributed by atoms with van der Waals surface area (Å²) in [4.78, 5) is 10.5. The van der Waals surface area contributed by atoms with Crippen LogP contribution in [0.2, 0.25) is 0 Å². The maximum absolute atomic E-state index is 13.5. The molecule has 2 unspecified atom stereocenters. The van der Waals surface area contributed by atoms with Gasteiger partial charge in [0.25, 0.3) is 0 Å². The zero-order valence-electron chi connectivity index (χ0n) is 9.58. The van der Waals surface area contributed by atoms with Crippen molar-refractivity contribution in [3.8, 4) is 0 Å². The topological polar surface area (TPSA) is 77.8 Å². The Hall–Kier alpha value is -1.11. The number of hydrogen-bond acceptors (Lipinski definition) is 4. The van der Waals surface area contributed by atoms with Crippen molar-refractivity contribution in [3.63, 3.8) is 0 Å². The zero-order valence-corrected chi connectivity index (χ0v) is 10.5. The fraction of sp³-hybridized carbons (Fsp3) is 0.417. The van der Waals surface area contributed by atoms with Gasteiger partial charge in [0.15, 0.2) is 0 Å². The van der Waals surface area contributed by atoms with Crippen molar-refractivity contribution in [3.05, 3.63) is 35.1 Å². The van der Waals surface area contributed by atoms with E-state index in [1.807, 2.05) is 0 Å². The van der Waals surface area contributed by atoms with Crippen LogP contribution in [-0.4, -0.2) is 33.1 Å². The number of rotatable bonds is 6. The lowest BCUT2D eigenvalue weighted by Gasteiger charge is -2.17. The molecule has 0 heterocycles. The highest BCUT2D eigenvalue weighted by molar-refractivity contribution is 7.80. The Kier molecular flexibility index (Phi) is 5.58. The van der Waals surface area contributed by atoms with Crippen LogP contribution in [0.25, 0.3) is 0 Å². The maximum atomic E-state index is 13.5. The van der Waals surface area contributed by atoms with E-state index in [4.69, 9.17) is 5.11 Å². The molecule has 0 aromatic heterocycles. The first-order valence-electron chi connectivity index (χ1n) is 5.42. The van der Waals surface area contributed by atoms with Crippen LogP contribution in [0.1, 0.15) is 23.7 Å². The Balaban J connectivity index is 2.86. The number of hydrogen-bond donors (Lipinski definition) is 4. The maximum Gasteiger partial charge on any atom is 0.307 e. The van der Waals surface area contributed by atoms with Crippen LogP contribution in [0.5, 0.6) is 0 Å². The second-order valence-corrected chi connectivity index (χ2v) is 4.39. The molecule has 4 nitrogen and oxygen atoms in total. The first-order valence-corrected chi connectivity index (χ1v) is 6.06. The molecule has 0 saturated carbocycles. The molecule has 100 valence electrons. The Bertz CT molecular complexity index is 425. The number of aliphatic carboxylic acids is 1. The van der Waals surface area contributed by atoms with Crippen LogP contribution in [-0.2, 0) is 11.2 Å². The Morgan fingerprint density at radius 3 is 2.56 bits per heavy atom. The molecule has 2 atom stereocenters. The number of carbonyl (C=O) groups is 1. The van der Waals surface area contributed by atoms with Gasteiger partial charge in [0.2, 0.25) is 0 Å². The van der Waals surface area contributed by atoms with Crippen molar-refractivity contribution in [2.24, 2.45) is 0 Å². The highest BCUT2D eigenvalue weighted by Gasteiger charge is 2.19.